The van der Waals surface area contributed by atoms with Gasteiger partial charge in [-0.25, -0.2) is 0 Å². The molecule has 2 heterocycles. The number of hydrogen-bond donors (Lipinski definition) is 0. The van der Waals surface area contributed by atoms with Crippen LogP contribution in [0.1, 0.15) is 238 Å². The normalized spacial score (nSPS) is 46.8. The molecule has 16 rings (SSSR count). The molecule has 19 unspecified atom stereocenters. The molecule has 2 aliphatic heterocycles. The van der Waals surface area contributed by atoms with E-state index in [0.29, 0.717) is 56.6 Å². The maximum Gasteiger partial charge on any atom is 0.0485 e. The molecule has 14 aliphatic carbocycles. The molecular formula is C73H106N4S2. The van der Waals surface area contributed by atoms with E-state index >= 15 is 0 Å². The minimum absolute atomic E-state index is 0.545. The van der Waals surface area contributed by atoms with E-state index in [2.05, 4.69) is 110 Å². The SMILES string of the molecule is C1=CCCC(N(C2C=CC3C(C2)SC2C=CCCC2N3C2CCCCC2)C2CCC3C4CCCC[C@@H]4C4(C5CCCCC5C5CCC(N(C6=CC7SC8C=CCCC8N(C8=CCCCC8)C7CC6)C6CCCCC6)CC54)C3C2)=C1. The van der Waals surface area contributed by atoms with Crippen LogP contribution in [0.4, 0.5) is 0 Å². The number of thioether (sulfide) groups is 2. The Morgan fingerprint density at radius 1 is 0.443 bits per heavy atom. The van der Waals surface area contributed by atoms with Crippen molar-refractivity contribution < 1.29 is 0 Å². The van der Waals surface area contributed by atoms with Crippen LogP contribution in [0.5, 0.6) is 0 Å². The minimum atomic E-state index is 0.545. The predicted octanol–water partition coefficient (Wildman–Crippen LogP) is 17.9. The summed E-state index contributed by atoms with van der Waals surface area (Å²) in [5.74, 6) is 7.91. The van der Waals surface area contributed by atoms with Gasteiger partial charge in [0.2, 0.25) is 0 Å². The van der Waals surface area contributed by atoms with Crippen molar-refractivity contribution in [1.29, 1.82) is 0 Å². The van der Waals surface area contributed by atoms with Gasteiger partial charge in [-0.2, -0.15) is 0 Å². The van der Waals surface area contributed by atoms with Gasteiger partial charge in [-0.1, -0.05) is 125 Å². The molecular weight excluding hydrogens is 997 g/mol. The molecule has 1 spiro atoms. The molecule has 0 radical (unpaired) electrons. The van der Waals surface area contributed by atoms with Gasteiger partial charge < -0.3 is 14.7 Å². The zero-order chi connectivity index (χ0) is 52.0. The van der Waals surface area contributed by atoms with Gasteiger partial charge in [0.15, 0.2) is 0 Å². The summed E-state index contributed by atoms with van der Waals surface area (Å²) in [4.78, 5) is 12.9. The lowest BCUT2D eigenvalue weighted by Gasteiger charge is -2.57. The molecule has 4 nitrogen and oxygen atoms in total. The molecule has 430 valence electrons. The molecule has 0 amide bonds. The lowest BCUT2D eigenvalue weighted by molar-refractivity contribution is -0.0590. The Morgan fingerprint density at radius 3 is 1.81 bits per heavy atom. The van der Waals surface area contributed by atoms with Gasteiger partial charge in [-0.05, 0) is 232 Å². The quantitative estimate of drug-likeness (QED) is 0.223. The highest BCUT2D eigenvalue weighted by Crippen LogP contribution is 2.78. The number of rotatable bonds is 8. The zero-order valence-electron chi connectivity index (χ0n) is 49.2. The monoisotopic (exact) mass is 1100 g/mol. The first-order valence-corrected chi connectivity index (χ1v) is 37.3. The predicted molar refractivity (Wildman–Crippen MR) is 334 cm³/mol. The summed E-state index contributed by atoms with van der Waals surface area (Å²) < 4.78 is 0. The fourth-order valence-electron chi connectivity index (χ4n) is 24.5. The van der Waals surface area contributed by atoms with E-state index in [-0.39, 0.29) is 0 Å². The highest BCUT2D eigenvalue weighted by atomic mass is 32.2. The van der Waals surface area contributed by atoms with Crippen LogP contribution in [0.15, 0.2) is 83.9 Å². The second-order valence-corrected chi connectivity index (χ2v) is 33.0. The lowest BCUT2D eigenvalue weighted by Crippen LogP contribution is -2.62. The molecule has 79 heavy (non-hydrogen) atoms. The van der Waals surface area contributed by atoms with Crippen LogP contribution in [0.25, 0.3) is 0 Å². The van der Waals surface area contributed by atoms with Gasteiger partial charge in [0, 0.05) is 92.5 Å². The zero-order valence-corrected chi connectivity index (χ0v) is 50.9. The summed E-state index contributed by atoms with van der Waals surface area (Å²) in [5.41, 5.74) is 5.89. The van der Waals surface area contributed by atoms with Crippen molar-refractivity contribution in [2.75, 3.05) is 0 Å². The fourth-order valence-corrected chi connectivity index (χ4v) is 28.0. The molecule has 0 bridgehead atoms. The first-order chi connectivity index (χ1) is 39.2. The topological polar surface area (TPSA) is 13.0 Å². The third-order valence-electron chi connectivity index (χ3n) is 27.0. The molecule has 0 aromatic rings. The molecule has 2 saturated heterocycles. The van der Waals surface area contributed by atoms with Crippen molar-refractivity contribution >= 4 is 23.5 Å². The molecule has 0 N–H and O–H groups in total. The van der Waals surface area contributed by atoms with Crippen LogP contribution in [0.3, 0.4) is 0 Å². The number of allylic oxidation sites excluding steroid dienone is 9. The average molecular weight is 1100 g/mol. The first-order valence-electron chi connectivity index (χ1n) is 35.4. The van der Waals surface area contributed by atoms with Crippen LogP contribution < -0.4 is 0 Å². The summed E-state index contributed by atoms with van der Waals surface area (Å²) in [6.45, 7) is 0. The second kappa shape index (κ2) is 22.6. The van der Waals surface area contributed by atoms with Gasteiger partial charge in [0.25, 0.3) is 0 Å². The average Bonchev–Trinajstić information content (AvgIpc) is 4.02. The molecule has 0 aromatic carbocycles. The van der Waals surface area contributed by atoms with Gasteiger partial charge in [0.05, 0.1) is 0 Å². The summed E-state index contributed by atoms with van der Waals surface area (Å²) >= 11 is 4.84. The molecule has 20 atom stereocenters. The Morgan fingerprint density at radius 2 is 1.10 bits per heavy atom. The summed E-state index contributed by atoms with van der Waals surface area (Å²) in [5, 5.41) is 2.69. The van der Waals surface area contributed by atoms with Crippen molar-refractivity contribution in [2.45, 2.75) is 313 Å². The van der Waals surface area contributed by atoms with E-state index in [1.165, 1.54) is 199 Å². The van der Waals surface area contributed by atoms with Gasteiger partial charge in [-0.15, -0.1) is 23.5 Å². The molecule has 16 aliphatic rings. The number of hydrogen-bond acceptors (Lipinski definition) is 6. The highest BCUT2D eigenvalue weighted by molar-refractivity contribution is 8.01. The van der Waals surface area contributed by atoms with Crippen molar-refractivity contribution in [2.24, 2.45) is 52.8 Å². The Balaban J connectivity index is 0.741. The molecule has 8 saturated carbocycles. The molecule has 0 aromatic heterocycles. The standard InChI is InChI=1S/C73H106N4S2/c1-5-21-49(22-6-1)74(55-39-43-67-71(47-55)78-69-35-19-17-33-65(69)76(67)51-25-9-3-10-26-51)53-37-41-59-57-29-13-15-31-61(57)73(63(59)45-53)62-32-16-14-30-58(62)60-42-38-54(46-64(60)73)75(50-23-7-2-8-24-50)56-40-44-68-72(48-56)79-70-36-20-18-34-66(70)77(68)52-27-11-4-12-28-52/h1,5,19-21,27,35-36,39,43,48,50-51,53-55,57-72H,2-4,6-18,22-26,28-34,37-38,40-42,44-47H2/t53?,54?,55?,57?,58?,59?,60?,61-,62?,63?,64?,65?,66?,67?,68?,69?,70?,71?,72?,73?/m0/s1. The Bertz CT molecular complexity index is 2400. The van der Waals surface area contributed by atoms with Gasteiger partial charge in [-0.3, -0.25) is 4.90 Å². The van der Waals surface area contributed by atoms with Crippen molar-refractivity contribution in [3.05, 3.63) is 83.9 Å². The second-order valence-electron chi connectivity index (χ2n) is 30.2. The third-order valence-corrected chi connectivity index (χ3v) is 30.2. The number of nitrogens with zero attached hydrogens (tertiary/aromatic N) is 4. The van der Waals surface area contributed by atoms with Crippen molar-refractivity contribution in [1.82, 2.24) is 19.6 Å². The lowest BCUT2D eigenvalue weighted by atomic mass is 9.52. The number of fused-ring (bicyclic) bond motifs is 14. The Kier molecular flexibility index (Phi) is 15.1. The van der Waals surface area contributed by atoms with Gasteiger partial charge >= 0.3 is 0 Å². The van der Waals surface area contributed by atoms with Crippen molar-refractivity contribution in [3.8, 4) is 0 Å². The first kappa shape index (κ1) is 52.8. The maximum atomic E-state index is 3.35. The van der Waals surface area contributed by atoms with E-state index in [4.69, 9.17) is 0 Å². The smallest absolute Gasteiger partial charge is 0.0485 e. The summed E-state index contributed by atoms with van der Waals surface area (Å²) in [6, 6.07) is 6.35. The van der Waals surface area contributed by atoms with Crippen LogP contribution in [0, 0.1) is 52.8 Å². The van der Waals surface area contributed by atoms with Crippen LogP contribution in [0.2, 0.25) is 0 Å². The Hall–Kier alpha value is -1.76. The van der Waals surface area contributed by atoms with E-state index in [9.17, 15) is 0 Å². The molecule has 10 fully saturated rings. The van der Waals surface area contributed by atoms with Gasteiger partial charge in [0.1, 0.15) is 0 Å². The van der Waals surface area contributed by atoms with Crippen LogP contribution in [-0.4, -0.2) is 95.0 Å². The van der Waals surface area contributed by atoms with Crippen LogP contribution in [-0.2, 0) is 0 Å². The Labute approximate surface area is 489 Å². The minimum Gasteiger partial charge on any atom is -0.369 e. The van der Waals surface area contributed by atoms with E-state index < -0.39 is 0 Å². The third kappa shape index (κ3) is 9.15. The van der Waals surface area contributed by atoms with E-state index in [1.54, 1.807) is 49.9 Å². The fraction of sp³-hybridized carbons (Fsp3) is 0.808. The molecule has 6 heteroatoms. The summed E-state index contributed by atoms with van der Waals surface area (Å²) in [7, 11) is 0. The van der Waals surface area contributed by atoms with Crippen LogP contribution >= 0.6 is 23.5 Å². The largest absolute Gasteiger partial charge is 0.369 e. The highest BCUT2D eigenvalue weighted by Gasteiger charge is 2.73. The van der Waals surface area contributed by atoms with E-state index in [0.717, 1.165) is 71.5 Å². The van der Waals surface area contributed by atoms with Crippen molar-refractivity contribution in [3.63, 3.8) is 0 Å². The van der Waals surface area contributed by atoms with E-state index in [1.807, 2.05) is 5.70 Å². The maximum absolute atomic E-state index is 3.35. The summed E-state index contributed by atoms with van der Waals surface area (Å²) in [6.07, 6.45) is 82.9.